The number of thiazole rings is 1. The Kier molecular flexibility index (Phi) is 7.12. The van der Waals surface area contributed by atoms with E-state index in [2.05, 4.69) is 75.4 Å². The van der Waals surface area contributed by atoms with Crippen LogP contribution in [0.3, 0.4) is 0 Å². The van der Waals surface area contributed by atoms with Gasteiger partial charge in [-0.15, -0.1) is 11.3 Å². The van der Waals surface area contributed by atoms with Crippen molar-refractivity contribution in [2.45, 2.75) is 32.5 Å². The van der Waals surface area contributed by atoms with Gasteiger partial charge in [0, 0.05) is 56.5 Å². The summed E-state index contributed by atoms with van der Waals surface area (Å²) in [6.45, 7) is 8.51. The summed E-state index contributed by atoms with van der Waals surface area (Å²) in [6, 6.07) is 22.9. The van der Waals surface area contributed by atoms with Crippen LogP contribution in [-0.2, 0) is 6.54 Å². The highest BCUT2D eigenvalue weighted by molar-refractivity contribution is 7.18. The van der Waals surface area contributed by atoms with Gasteiger partial charge in [0.2, 0.25) is 0 Å². The highest BCUT2D eigenvalue weighted by Gasteiger charge is 2.26. The average Bonchev–Trinajstić information content (AvgIpc) is 3.54. The van der Waals surface area contributed by atoms with E-state index in [9.17, 15) is 5.11 Å². The van der Waals surface area contributed by atoms with Crippen LogP contribution < -0.4 is 4.74 Å². The van der Waals surface area contributed by atoms with Gasteiger partial charge in [-0.05, 0) is 36.8 Å². The molecule has 0 radical (unpaired) electrons. The van der Waals surface area contributed by atoms with Gasteiger partial charge in [-0.25, -0.2) is 4.98 Å². The third kappa shape index (κ3) is 5.44. The number of aromatic nitrogens is 2. The fraction of sp³-hybridized carbons (Fsp3) is 0.333. The number of aliphatic hydroxyl groups excluding tert-OH is 1. The van der Waals surface area contributed by atoms with Gasteiger partial charge in [0.1, 0.15) is 18.5 Å². The third-order valence-corrected chi connectivity index (χ3v) is 8.16. The summed E-state index contributed by atoms with van der Waals surface area (Å²) in [6.07, 6.45) is -0.555. The summed E-state index contributed by atoms with van der Waals surface area (Å²) in [7, 11) is 0. The van der Waals surface area contributed by atoms with Crippen LogP contribution in [0.2, 0.25) is 0 Å². The molecule has 3 heterocycles. The van der Waals surface area contributed by atoms with Crippen LogP contribution in [0.4, 0.5) is 0 Å². The predicted molar refractivity (Wildman–Crippen MR) is 152 cm³/mol. The summed E-state index contributed by atoms with van der Waals surface area (Å²) in [5.74, 6) is 1.55. The zero-order valence-corrected chi connectivity index (χ0v) is 22.5. The molecule has 1 aliphatic rings. The summed E-state index contributed by atoms with van der Waals surface area (Å²) in [4.78, 5) is 9.26. The Hall–Kier alpha value is -3.30. The summed E-state index contributed by atoms with van der Waals surface area (Å²) in [5, 5.41) is 18.4. The number of ether oxygens (including phenoxy) is 1. The van der Waals surface area contributed by atoms with Crippen molar-refractivity contribution in [1.29, 1.82) is 0 Å². The molecule has 0 spiro atoms. The van der Waals surface area contributed by atoms with Crippen molar-refractivity contribution in [2.75, 3.05) is 32.8 Å². The predicted octanol–water partition coefficient (Wildman–Crippen LogP) is 5.36. The lowest BCUT2D eigenvalue weighted by atomic mass is 10.0. The molecule has 3 aromatic carbocycles. The zero-order valence-electron chi connectivity index (χ0n) is 21.7. The molecule has 7 nitrogen and oxygen atoms in total. The fourth-order valence-corrected chi connectivity index (χ4v) is 6.10. The number of aliphatic hydroxyl groups is 1. The molecule has 1 fully saturated rings. The van der Waals surface area contributed by atoms with Gasteiger partial charge in [-0.2, -0.15) is 0 Å². The first-order valence-electron chi connectivity index (χ1n) is 13.1. The molecule has 2 atom stereocenters. The minimum absolute atomic E-state index is 0.263. The van der Waals surface area contributed by atoms with Crippen LogP contribution in [0.5, 0.6) is 5.75 Å². The largest absolute Gasteiger partial charge is 0.491 e. The second-order valence-electron chi connectivity index (χ2n) is 10.1. The van der Waals surface area contributed by atoms with Gasteiger partial charge >= 0.3 is 0 Å². The minimum Gasteiger partial charge on any atom is -0.491 e. The maximum atomic E-state index is 10.6. The number of nitrogens with zero attached hydrogens (tertiary/aromatic N) is 4. The Balaban J connectivity index is 1.01. The quantitative estimate of drug-likeness (QED) is 0.291. The number of benzene rings is 3. The van der Waals surface area contributed by atoms with Crippen molar-refractivity contribution in [3.63, 3.8) is 0 Å². The molecular formula is C30H32N4O3S. The molecule has 6 rings (SSSR count). The fourth-order valence-electron chi connectivity index (χ4n) is 5.29. The van der Waals surface area contributed by atoms with E-state index in [1.807, 2.05) is 25.1 Å². The normalized spacial score (nSPS) is 17.8. The van der Waals surface area contributed by atoms with Gasteiger partial charge < -0.3 is 14.4 Å². The topological polar surface area (TPSA) is 74.9 Å². The molecule has 0 aliphatic carbocycles. The molecule has 8 heteroatoms. The van der Waals surface area contributed by atoms with E-state index in [-0.39, 0.29) is 6.61 Å². The molecule has 196 valence electrons. The number of piperazine rings is 1. The van der Waals surface area contributed by atoms with Crippen molar-refractivity contribution in [2.24, 2.45) is 0 Å². The summed E-state index contributed by atoms with van der Waals surface area (Å²) in [5.41, 5.74) is 2.95. The van der Waals surface area contributed by atoms with Gasteiger partial charge in [-0.1, -0.05) is 47.6 Å². The standard InChI is InChI=1S/C30H32N4O3S/c1-20-16-33(18-24(35)19-36-25-10-11-30-28(15-25)31-21(2)38-30)12-13-34(20)17-23-14-29(37-32-23)27-9-5-7-22-6-3-4-8-26(22)27/h3-11,14-15,20,24,35H,12-13,16-19H2,1-2H3/t20-,24-/m0/s1. The molecule has 38 heavy (non-hydrogen) atoms. The number of aryl methyl sites for hydroxylation is 1. The van der Waals surface area contributed by atoms with E-state index in [0.29, 0.717) is 12.6 Å². The number of fused-ring (bicyclic) bond motifs is 2. The molecule has 1 N–H and O–H groups in total. The molecule has 0 unspecified atom stereocenters. The molecule has 5 aromatic rings. The smallest absolute Gasteiger partial charge is 0.167 e. The van der Waals surface area contributed by atoms with Gasteiger partial charge in [0.05, 0.1) is 20.9 Å². The molecule has 0 amide bonds. The van der Waals surface area contributed by atoms with Crippen LogP contribution in [0.1, 0.15) is 17.6 Å². The molecule has 1 saturated heterocycles. The molecular weight excluding hydrogens is 496 g/mol. The Labute approximate surface area is 226 Å². The lowest BCUT2D eigenvalue weighted by Gasteiger charge is -2.40. The van der Waals surface area contributed by atoms with Crippen molar-refractivity contribution in [3.8, 4) is 17.1 Å². The van der Waals surface area contributed by atoms with Crippen LogP contribution in [0.25, 0.3) is 32.3 Å². The number of rotatable bonds is 8. The molecule has 1 aliphatic heterocycles. The van der Waals surface area contributed by atoms with Crippen molar-refractivity contribution in [1.82, 2.24) is 19.9 Å². The Morgan fingerprint density at radius 2 is 1.97 bits per heavy atom. The number of hydrogen-bond acceptors (Lipinski definition) is 8. The second kappa shape index (κ2) is 10.8. The van der Waals surface area contributed by atoms with Gasteiger partial charge in [0.25, 0.3) is 0 Å². The summed E-state index contributed by atoms with van der Waals surface area (Å²) >= 11 is 1.67. The third-order valence-electron chi connectivity index (χ3n) is 7.21. The molecule has 0 saturated carbocycles. The Bertz CT molecular complexity index is 1540. The van der Waals surface area contributed by atoms with E-state index in [1.54, 1.807) is 11.3 Å². The summed E-state index contributed by atoms with van der Waals surface area (Å²) < 4.78 is 12.8. The maximum Gasteiger partial charge on any atom is 0.167 e. The van der Waals surface area contributed by atoms with E-state index in [4.69, 9.17) is 9.26 Å². The lowest BCUT2D eigenvalue weighted by Crippen LogP contribution is -2.53. The van der Waals surface area contributed by atoms with Gasteiger partial charge in [0.15, 0.2) is 5.76 Å². The van der Waals surface area contributed by atoms with E-state index in [1.165, 1.54) is 10.8 Å². The Morgan fingerprint density at radius 3 is 2.87 bits per heavy atom. The van der Waals surface area contributed by atoms with Crippen molar-refractivity contribution in [3.05, 3.63) is 77.4 Å². The van der Waals surface area contributed by atoms with E-state index < -0.39 is 6.10 Å². The SMILES string of the molecule is Cc1nc2cc(OC[C@@H](O)CN3CCN(Cc4cc(-c5cccc6ccccc56)on4)[C@@H](C)C3)ccc2s1. The van der Waals surface area contributed by atoms with Crippen LogP contribution in [-0.4, -0.2) is 70.0 Å². The molecule has 0 bridgehead atoms. The van der Waals surface area contributed by atoms with Gasteiger partial charge in [-0.3, -0.25) is 9.80 Å². The molecule has 2 aromatic heterocycles. The highest BCUT2D eigenvalue weighted by Crippen LogP contribution is 2.30. The maximum absolute atomic E-state index is 10.6. The van der Waals surface area contributed by atoms with Crippen LogP contribution in [0.15, 0.2) is 71.3 Å². The van der Waals surface area contributed by atoms with Crippen molar-refractivity contribution < 1.29 is 14.4 Å². The first-order chi connectivity index (χ1) is 18.5. The van der Waals surface area contributed by atoms with Crippen LogP contribution in [0, 0.1) is 6.92 Å². The second-order valence-corrected chi connectivity index (χ2v) is 11.4. The first-order valence-corrected chi connectivity index (χ1v) is 13.9. The monoisotopic (exact) mass is 528 g/mol. The van der Waals surface area contributed by atoms with Crippen LogP contribution >= 0.6 is 11.3 Å². The number of β-amino-alcohol motifs (C(OH)–C–C–N with tert-alkyl or cyclic N) is 1. The average molecular weight is 529 g/mol. The first kappa shape index (κ1) is 25.0. The number of hydrogen-bond donors (Lipinski definition) is 1. The van der Waals surface area contributed by atoms with E-state index in [0.717, 1.165) is 64.2 Å². The van der Waals surface area contributed by atoms with E-state index >= 15 is 0 Å². The zero-order chi connectivity index (χ0) is 26.1. The lowest BCUT2D eigenvalue weighted by molar-refractivity contribution is 0.0250. The minimum atomic E-state index is -0.555. The Morgan fingerprint density at radius 1 is 1.11 bits per heavy atom. The van der Waals surface area contributed by atoms with Crippen molar-refractivity contribution >= 4 is 32.3 Å². The highest BCUT2D eigenvalue weighted by atomic mass is 32.1.